The smallest absolute Gasteiger partial charge is 0.0940 e. The molecule has 94 valence electrons. The molecule has 0 radical (unpaired) electrons. The van der Waals surface area contributed by atoms with E-state index in [1.165, 1.54) is 22.6 Å². The highest BCUT2D eigenvalue weighted by molar-refractivity contribution is 7.09. The van der Waals surface area contributed by atoms with Crippen LogP contribution < -0.4 is 5.32 Å². The molecule has 0 amide bonds. The maximum Gasteiger partial charge on any atom is 0.0940 e. The molecular formula is C15H18N2S. The highest BCUT2D eigenvalue weighted by Crippen LogP contribution is 2.38. The fraction of sp³-hybridized carbons (Fsp3) is 0.400. The first-order valence-corrected chi connectivity index (χ1v) is 7.46. The van der Waals surface area contributed by atoms with E-state index >= 15 is 0 Å². The number of nitrogens with one attached hydrogen (secondary N) is 1. The first-order valence-electron chi connectivity index (χ1n) is 6.58. The van der Waals surface area contributed by atoms with Gasteiger partial charge < -0.3 is 5.32 Å². The Labute approximate surface area is 112 Å². The lowest BCUT2D eigenvalue weighted by Crippen LogP contribution is -2.41. The Morgan fingerprint density at radius 1 is 1.44 bits per heavy atom. The van der Waals surface area contributed by atoms with Crippen molar-refractivity contribution in [1.82, 2.24) is 10.3 Å². The van der Waals surface area contributed by atoms with Crippen LogP contribution >= 0.6 is 11.3 Å². The Bertz CT molecular complexity index is 507. The second-order valence-corrected chi connectivity index (χ2v) is 5.78. The zero-order chi connectivity index (χ0) is 12.4. The normalized spacial score (nSPS) is 19.1. The van der Waals surface area contributed by atoms with Gasteiger partial charge in [0.05, 0.1) is 5.01 Å². The number of fused-ring (bicyclic) bond motifs is 1. The summed E-state index contributed by atoms with van der Waals surface area (Å²) in [5, 5.41) is 6.93. The Balaban J connectivity index is 1.76. The van der Waals surface area contributed by atoms with Crippen LogP contribution in [0.4, 0.5) is 0 Å². The summed E-state index contributed by atoms with van der Waals surface area (Å²) in [6.07, 6.45) is 4.15. The van der Waals surface area contributed by atoms with Crippen molar-refractivity contribution in [2.45, 2.75) is 31.7 Å². The molecule has 2 atom stereocenters. The molecule has 2 aromatic rings. The molecule has 0 spiro atoms. The largest absolute Gasteiger partial charge is 0.313 e. The number of nitrogens with zero attached hydrogens (tertiary/aromatic N) is 1. The average molecular weight is 258 g/mol. The molecular weight excluding hydrogens is 240 g/mol. The third-order valence-electron chi connectivity index (χ3n) is 3.72. The van der Waals surface area contributed by atoms with Gasteiger partial charge in [-0.15, -0.1) is 11.3 Å². The SMILES string of the molecule is CCNC(Cc1nccs1)C1Cc2ccccc21. The summed E-state index contributed by atoms with van der Waals surface area (Å²) in [6, 6.07) is 9.33. The van der Waals surface area contributed by atoms with Crippen LogP contribution in [0.25, 0.3) is 0 Å². The van der Waals surface area contributed by atoms with Crippen LogP contribution in [0.2, 0.25) is 0 Å². The Morgan fingerprint density at radius 2 is 2.33 bits per heavy atom. The third kappa shape index (κ3) is 2.20. The lowest BCUT2D eigenvalue weighted by Gasteiger charge is -2.36. The van der Waals surface area contributed by atoms with Gasteiger partial charge >= 0.3 is 0 Å². The maximum atomic E-state index is 4.41. The topological polar surface area (TPSA) is 24.9 Å². The standard InChI is InChI=1S/C15H18N2S/c1-2-16-14(10-15-17-7-8-18-15)13-9-11-5-3-4-6-12(11)13/h3-8,13-14,16H,2,9-10H2,1H3. The van der Waals surface area contributed by atoms with E-state index in [0.717, 1.165) is 13.0 Å². The van der Waals surface area contributed by atoms with Crippen molar-refractivity contribution >= 4 is 11.3 Å². The van der Waals surface area contributed by atoms with Crippen LogP contribution in [0.1, 0.15) is 29.0 Å². The molecule has 3 heteroatoms. The Kier molecular flexibility index (Phi) is 3.43. The third-order valence-corrected chi connectivity index (χ3v) is 4.53. The zero-order valence-electron chi connectivity index (χ0n) is 10.6. The van der Waals surface area contributed by atoms with Crippen molar-refractivity contribution in [2.24, 2.45) is 0 Å². The van der Waals surface area contributed by atoms with Crippen molar-refractivity contribution in [3.05, 3.63) is 52.0 Å². The number of hydrogen-bond acceptors (Lipinski definition) is 3. The van der Waals surface area contributed by atoms with E-state index in [-0.39, 0.29) is 0 Å². The molecule has 2 unspecified atom stereocenters. The quantitative estimate of drug-likeness (QED) is 0.892. The van der Waals surface area contributed by atoms with Gasteiger partial charge in [0.25, 0.3) is 0 Å². The van der Waals surface area contributed by atoms with Crippen molar-refractivity contribution in [3.63, 3.8) is 0 Å². The highest BCUT2D eigenvalue weighted by Gasteiger charge is 2.32. The molecule has 0 aliphatic heterocycles. The van der Waals surface area contributed by atoms with E-state index in [4.69, 9.17) is 0 Å². The zero-order valence-corrected chi connectivity index (χ0v) is 11.4. The van der Waals surface area contributed by atoms with Gasteiger partial charge in [0, 0.05) is 30.0 Å². The summed E-state index contributed by atoms with van der Waals surface area (Å²) < 4.78 is 0. The summed E-state index contributed by atoms with van der Waals surface area (Å²) in [4.78, 5) is 4.41. The van der Waals surface area contributed by atoms with Crippen molar-refractivity contribution in [1.29, 1.82) is 0 Å². The second-order valence-electron chi connectivity index (χ2n) is 4.80. The van der Waals surface area contributed by atoms with Crippen LogP contribution in [-0.4, -0.2) is 17.6 Å². The Morgan fingerprint density at radius 3 is 3.06 bits per heavy atom. The molecule has 1 heterocycles. The summed E-state index contributed by atoms with van der Waals surface area (Å²) in [7, 11) is 0. The van der Waals surface area contributed by atoms with Gasteiger partial charge in [0.2, 0.25) is 0 Å². The van der Waals surface area contributed by atoms with Crippen molar-refractivity contribution < 1.29 is 0 Å². The summed E-state index contributed by atoms with van der Waals surface area (Å²) >= 11 is 1.76. The first kappa shape index (κ1) is 11.9. The summed E-state index contributed by atoms with van der Waals surface area (Å²) in [5.74, 6) is 0.657. The number of hydrogen-bond donors (Lipinski definition) is 1. The fourth-order valence-electron chi connectivity index (χ4n) is 2.82. The molecule has 0 saturated carbocycles. The van der Waals surface area contributed by atoms with Gasteiger partial charge in [-0.2, -0.15) is 0 Å². The second kappa shape index (κ2) is 5.21. The highest BCUT2D eigenvalue weighted by atomic mass is 32.1. The summed E-state index contributed by atoms with van der Waals surface area (Å²) in [6.45, 7) is 3.20. The van der Waals surface area contributed by atoms with E-state index in [9.17, 15) is 0 Å². The van der Waals surface area contributed by atoms with E-state index in [1.54, 1.807) is 11.3 Å². The van der Waals surface area contributed by atoms with Gasteiger partial charge in [-0.3, -0.25) is 0 Å². The molecule has 1 aliphatic rings. The molecule has 1 aromatic heterocycles. The summed E-state index contributed by atoms with van der Waals surface area (Å²) in [5.41, 5.74) is 3.05. The van der Waals surface area contributed by atoms with Gasteiger partial charge in [0.15, 0.2) is 0 Å². The lowest BCUT2D eigenvalue weighted by molar-refractivity contribution is 0.404. The monoisotopic (exact) mass is 258 g/mol. The molecule has 0 fully saturated rings. The van der Waals surface area contributed by atoms with Crippen LogP contribution in [0.15, 0.2) is 35.8 Å². The molecule has 1 aliphatic carbocycles. The van der Waals surface area contributed by atoms with Gasteiger partial charge in [-0.25, -0.2) is 4.98 Å². The van der Waals surface area contributed by atoms with Crippen molar-refractivity contribution in [2.75, 3.05) is 6.54 Å². The van der Waals surface area contributed by atoms with Crippen LogP contribution in [-0.2, 0) is 12.8 Å². The molecule has 3 rings (SSSR count). The van der Waals surface area contributed by atoms with Crippen molar-refractivity contribution in [3.8, 4) is 0 Å². The molecule has 1 aromatic carbocycles. The molecule has 0 saturated heterocycles. The van der Waals surface area contributed by atoms with E-state index in [2.05, 4.69) is 46.9 Å². The minimum Gasteiger partial charge on any atom is -0.313 e. The van der Waals surface area contributed by atoms with Gasteiger partial charge in [0.1, 0.15) is 0 Å². The van der Waals surface area contributed by atoms with E-state index < -0.39 is 0 Å². The van der Waals surface area contributed by atoms with E-state index in [0.29, 0.717) is 12.0 Å². The minimum absolute atomic E-state index is 0.524. The average Bonchev–Trinajstić information content (AvgIpc) is 2.84. The minimum atomic E-state index is 0.524. The number of thiazole rings is 1. The molecule has 1 N–H and O–H groups in total. The number of aromatic nitrogens is 1. The molecule has 18 heavy (non-hydrogen) atoms. The predicted octanol–water partition coefficient (Wildman–Crippen LogP) is 3.00. The van der Waals surface area contributed by atoms with Gasteiger partial charge in [-0.05, 0) is 24.1 Å². The number of benzene rings is 1. The Hall–Kier alpha value is -1.19. The first-order chi connectivity index (χ1) is 8.88. The van der Waals surface area contributed by atoms with Crippen LogP contribution in [0.5, 0.6) is 0 Å². The van der Waals surface area contributed by atoms with Crippen LogP contribution in [0.3, 0.4) is 0 Å². The van der Waals surface area contributed by atoms with E-state index in [1.807, 2.05) is 6.20 Å². The fourth-order valence-corrected chi connectivity index (χ4v) is 3.49. The lowest BCUT2D eigenvalue weighted by atomic mass is 9.72. The molecule has 0 bridgehead atoms. The maximum absolute atomic E-state index is 4.41. The van der Waals surface area contributed by atoms with Crippen LogP contribution in [0, 0.1) is 0 Å². The van der Waals surface area contributed by atoms with Gasteiger partial charge in [-0.1, -0.05) is 31.2 Å². The molecule has 2 nitrogen and oxygen atoms in total. The number of rotatable bonds is 5. The predicted molar refractivity (Wildman–Crippen MR) is 76.2 cm³/mol. The number of likely N-dealkylation sites (N-methyl/N-ethyl adjacent to an activating group) is 1.